The van der Waals surface area contributed by atoms with Crippen molar-refractivity contribution in [2.24, 2.45) is 0 Å². The number of Topliss-reactive ketones (excluding diaryl/α,β-unsaturated/α-hetero) is 1. The van der Waals surface area contributed by atoms with Crippen LogP contribution < -0.4 is 10.1 Å². The smallest absolute Gasteiger partial charge is 0.216 e. The number of ketones is 1. The van der Waals surface area contributed by atoms with E-state index < -0.39 is 0 Å². The highest BCUT2D eigenvalue weighted by Crippen LogP contribution is 2.34. The lowest BCUT2D eigenvalue weighted by Crippen LogP contribution is -2.22. The third kappa shape index (κ3) is 2.13. The molecule has 1 amide bonds. The molecule has 1 aliphatic heterocycles. The van der Waals surface area contributed by atoms with Crippen LogP contribution in [0.5, 0.6) is 5.75 Å². The Morgan fingerprint density at radius 1 is 1.30 bits per heavy atom. The minimum atomic E-state index is -0.0464. The Bertz CT molecular complexity index is 706. The number of amides is 1. The molecule has 0 aliphatic carbocycles. The first-order valence-electron chi connectivity index (χ1n) is 6.62. The Kier molecular flexibility index (Phi) is 3.14. The van der Waals surface area contributed by atoms with E-state index in [1.54, 1.807) is 0 Å². The molecule has 3 rings (SSSR count). The van der Waals surface area contributed by atoms with E-state index in [0.29, 0.717) is 24.3 Å². The second-order valence-corrected chi connectivity index (χ2v) is 4.90. The van der Waals surface area contributed by atoms with Crippen LogP contribution in [0.3, 0.4) is 0 Å². The zero-order valence-electron chi connectivity index (χ0n) is 11.2. The van der Waals surface area contributed by atoms with Gasteiger partial charge in [0.15, 0.2) is 6.61 Å². The summed E-state index contributed by atoms with van der Waals surface area (Å²) >= 11 is 0. The quantitative estimate of drug-likeness (QED) is 0.928. The Balaban J connectivity index is 2.06. The molecule has 0 spiro atoms. The summed E-state index contributed by atoms with van der Waals surface area (Å²) in [5, 5.41) is 4.77. The topological polar surface area (TPSA) is 55.4 Å². The summed E-state index contributed by atoms with van der Waals surface area (Å²) < 4.78 is 5.40. The van der Waals surface area contributed by atoms with Gasteiger partial charge in [0.25, 0.3) is 0 Å². The van der Waals surface area contributed by atoms with Crippen molar-refractivity contribution in [1.82, 2.24) is 5.32 Å². The maximum absolute atomic E-state index is 12.0. The van der Waals surface area contributed by atoms with Gasteiger partial charge in [0.05, 0.1) is 5.56 Å². The number of carbonyl (C=O) groups is 2. The lowest BCUT2D eigenvalue weighted by molar-refractivity contribution is -0.118. The Labute approximate surface area is 116 Å². The van der Waals surface area contributed by atoms with Crippen molar-refractivity contribution in [2.75, 3.05) is 13.2 Å². The molecule has 0 fully saturated rings. The predicted octanol–water partition coefficient (Wildman–Crippen LogP) is 2.09. The van der Waals surface area contributed by atoms with E-state index in [0.717, 1.165) is 16.3 Å². The van der Waals surface area contributed by atoms with E-state index in [1.807, 2.05) is 30.3 Å². The Morgan fingerprint density at radius 2 is 2.15 bits per heavy atom. The molecular formula is C16H15NO3. The highest BCUT2D eigenvalue weighted by Gasteiger charge is 2.24. The highest BCUT2D eigenvalue weighted by molar-refractivity contribution is 6.13. The summed E-state index contributed by atoms with van der Waals surface area (Å²) in [7, 11) is 0. The van der Waals surface area contributed by atoms with Gasteiger partial charge in [-0.1, -0.05) is 24.3 Å². The molecule has 102 valence electrons. The molecule has 0 atom stereocenters. The van der Waals surface area contributed by atoms with Crippen LogP contribution in [0.2, 0.25) is 0 Å². The first-order valence-corrected chi connectivity index (χ1v) is 6.62. The van der Waals surface area contributed by atoms with Crippen molar-refractivity contribution in [3.05, 3.63) is 41.5 Å². The minimum Gasteiger partial charge on any atom is -0.485 e. The van der Waals surface area contributed by atoms with Crippen molar-refractivity contribution >= 4 is 22.5 Å². The zero-order valence-corrected chi connectivity index (χ0v) is 11.2. The standard InChI is InChI=1S/C16H15NO3/c1-10(18)17-8-7-12-4-2-3-11-5-6-14-16(15(11)12)13(19)9-20-14/h2-6H,7-9H2,1H3,(H,17,18). The van der Waals surface area contributed by atoms with Crippen LogP contribution in [0.1, 0.15) is 22.8 Å². The van der Waals surface area contributed by atoms with Crippen LogP contribution in [0.15, 0.2) is 30.3 Å². The van der Waals surface area contributed by atoms with Crippen LogP contribution in [0.4, 0.5) is 0 Å². The van der Waals surface area contributed by atoms with E-state index in [2.05, 4.69) is 5.32 Å². The SMILES string of the molecule is CC(=O)NCCc1cccc2ccc3c(c12)C(=O)CO3. The van der Waals surface area contributed by atoms with Crippen molar-refractivity contribution in [2.45, 2.75) is 13.3 Å². The number of hydrogen-bond acceptors (Lipinski definition) is 3. The summed E-state index contributed by atoms with van der Waals surface area (Å²) in [5.74, 6) is 0.641. The second kappa shape index (κ2) is 4.96. The molecule has 4 heteroatoms. The van der Waals surface area contributed by atoms with Gasteiger partial charge in [-0.25, -0.2) is 0 Å². The van der Waals surface area contributed by atoms with E-state index in [9.17, 15) is 9.59 Å². The fourth-order valence-corrected chi connectivity index (χ4v) is 2.63. The normalized spacial score (nSPS) is 13.2. The molecule has 0 radical (unpaired) electrons. The Morgan fingerprint density at radius 3 is 2.95 bits per heavy atom. The van der Waals surface area contributed by atoms with Crippen LogP contribution in [-0.2, 0) is 11.2 Å². The van der Waals surface area contributed by atoms with Crippen LogP contribution in [-0.4, -0.2) is 24.8 Å². The molecule has 1 N–H and O–H groups in total. The van der Waals surface area contributed by atoms with Gasteiger partial charge in [-0.05, 0) is 28.8 Å². The van der Waals surface area contributed by atoms with E-state index in [1.165, 1.54) is 6.92 Å². The van der Waals surface area contributed by atoms with Crippen molar-refractivity contribution in [3.63, 3.8) is 0 Å². The molecule has 0 saturated carbocycles. The lowest BCUT2D eigenvalue weighted by Gasteiger charge is -2.10. The summed E-state index contributed by atoms with van der Waals surface area (Å²) in [6, 6.07) is 9.77. The number of nitrogens with one attached hydrogen (secondary N) is 1. The van der Waals surface area contributed by atoms with Gasteiger partial charge >= 0.3 is 0 Å². The van der Waals surface area contributed by atoms with Crippen molar-refractivity contribution in [1.29, 1.82) is 0 Å². The number of carbonyl (C=O) groups excluding carboxylic acids is 2. The third-order valence-electron chi connectivity index (χ3n) is 3.50. The molecular weight excluding hydrogens is 254 g/mol. The number of hydrogen-bond donors (Lipinski definition) is 1. The largest absolute Gasteiger partial charge is 0.485 e. The van der Waals surface area contributed by atoms with Crippen molar-refractivity contribution < 1.29 is 14.3 Å². The van der Waals surface area contributed by atoms with E-state index in [-0.39, 0.29) is 18.3 Å². The van der Waals surface area contributed by atoms with Crippen LogP contribution in [0, 0.1) is 0 Å². The number of rotatable bonds is 3. The van der Waals surface area contributed by atoms with Gasteiger partial charge in [0.2, 0.25) is 11.7 Å². The first-order chi connectivity index (χ1) is 9.66. The number of ether oxygens (including phenoxy) is 1. The molecule has 1 heterocycles. The molecule has 0 aromatic heterocycles. The molecule has 0 saturated heterocycles. The molecule has 0 bridgehead atoms. The van der Waals surface area contributed by atoms with Crippen LogP contribution in [0.25, 0.3) is 10.8 Å². The maximum Gasteiger partial charge on any atom is 0.216 e. The fraction of sp³-hybridized carbons (Fsp3) is 0.250. The van der Waals surface area contributed by atoms with Crippen molar-refractivity contribution in [3.8, 4) is 5.75 Å². The van der Waals surface area contributed by atoms with Gasteiger partial charge in [-0.15, -0.1) is 0 Å². The Hall–Kier alpha value is -2.36. The molecule has 20 heavy (non-hydrogen) atoms. The van der Waals surface area contributed by atoms with Gasteiger partial charge in [0.1, 0.15) is 5.75 Å². The summed E-state index contributed by atoms with van der Waals surface area (Å²) in [5.41, 5.74) is 1.74. The molecule has 4 nitrogen and oxygen atoms in total. The zero-order chi connectivity index (χ0) is 14.1. The number of fused-ring (bicyclic) bond motifs is 3. The lowest BCUT2D eigenvalue weighted by atomic mass is 9.95. The molecule has 2 aromatic rings. The summed E-state index contributed by atoms with van der Waals surface area (Å²) in [4.78, 5) is 23.0. The van der Waals surface area contributed by atoms with Gasteiger partial charge in [0, 0.05) is 13.5 Å². The first kappa shape index (κ1) is 12.7. The average Bonchev–Trinajstić information content (AvgIpc) is 2.80. The molecule has 1 aliphatic rings. The van der Waals surface area contributed by atoms with Crippen LogP contribution >= 0.6 is 0 Å². The predicted molar refractivity (Wildman–Crippen MR) is 76.2 cm³/mol. The van der Waals surface area contributed by atoms with Gasteiger partial charge < -0.3 is 10.1 Å². The van der Waals surface area contributed by atoms with E-state index >= 15 is 0 Å². The molecule has 2 aromatic carbocycles. The number of benzene rings is 2. The second-order valence-electron chi connectivity index (χ2n) is 4.90. The fourth-order valence-electron chi connectivity index (χ4n) is 2.63. The monoisotopic (exact) mass is 269 g/mol. The highest BCUT2D eigenvalue weighted by atomic mass is 16.5. The maximum atomic E-state index is 12.0. The summed E-state index contributed by atoms with van der Waals surface area (Å²) in [6.07, 6.45) is 0.695. The third-order valence-corrected chi connectivity index (χ3v) is 3.50. The average molecular weight is 269 g/mol. The van der Waals surface area contributed by atoms with Gasteiger partial charge in [-0.3, -0.25) is 9.59 Å². The van der Waals surface area contributed by atoms with E-state index in [4.69, 9.17) is 4.74 Å². The minimum absolute atomic E-state index is 0.0255. The van der Waals surface area contributed by atoms with Gasteiger partial charge in [-0.2, -0.15) is 0 Å². The molecule has 0 unspecified atom stereocenters. The summed E-state index contributed by atoms with van der Waals surface area (Å²) in [6.45, 7) is 2.18.